The zero-order chi connectivity index (χ0) is 27.2. The molecule has 0 aliphatic rings. The van der Waals surface area contributed by atoms with Crippen molar-refractivity contribution in [3.63, 3.8) is 0 Å². The molecule has 0 radical (unpaired) electrons. The second-order valence-corrected chi connectivity index (χ2v) is 9.04. The first-order valence-corrected chi connectivity index (χ1v) is 10.8. The lowest BCUT2D eigenvalue weighted by Gasteiger charge is -2.14. The number of thiophene rings is 1. The zero-order valence-electron chi connectivity index (χ0n) is 22.1. The molecular weight excluding hydrogens is 426 g/mol. The van der Waals surface area contributed by atoms with Crippen molar-refractivity contribution in [1.29, 1.82) is 0 Å². The van der Waals surface area contributed by atoms with E-state index >= 15 is 0 Å². The Morgan fingerprint density at radius 1 is 1.23 bits per heavy atom. The summed E-state index contributed by atoms with van der Waals surface area (Å²) in [5.74, 6) is -2.02. The number of nitrogens with zero attached hydrogens (tertiary/aromatic N) is 1. The first-order chi connectivity index (χ1) is 16.4. The molecule has 1 aromatic carbocycles. The van der Waals surface area contributed by atoms with Crippen LogP contribution in [0.5, 0.6) is 0 Å². The van der Waals surface area contributed by atoms with Gasteiger partial charge in [-0.15, -0.1) is 11.3 Å². The summed E-state index contributed by atoms with van der Waals surface area (Å²) >= 11 is 0.793. The number of nitrogens with one attached hydrogen (secondary N) is 2. The summed E-state index contributed by atoms with van der Waals surface area (Å²) in [4.78, 5) is 24.4. The van der Waals surface area contributed by atoms with Crippen LogP contribution < -0.4 is 10.0 Å². The SMILES string of the molecule is [2H]C([2H])([2H])c1noc(NS(=O)(=O)c2ccsc2C(=O)Nc2c(C)cc(C)cc2C(C)=O)c1C([2H])([2H])[2H]. The standard InChI is InChI=1S/C20H21N3O5S2/c1-10-8-11(2)17(15(9-10)14(5)24)21-19(25)18-16(6-7-29-18)30(26,27)23-20-12(3)13(4)22-28-20/h6-9,23H,1-5H3,(H,21,25)/i3D3,4D3. The number of Topliss-reactive ketones (excluding diaryl/α,β-unsaturated/α-hetero) is 1. The molecule has 0 aliphatic carbocycles. The Labute approximate surface area is 186 Å². The van der Waals surface area contributed by atoms with Gasteiger partial charge in [0.25, 0.3) is 15.9 Å². The second-order valence-electron chi connectivity index (χ2n) is 6.47. The maximum atomic E-state index is 13.1. The van der Waals surface area contributed by atoms with Gasteiger partial charge >= 0.3 is 0 Å². The third-order valence-corrected chi connectivity index (χ3v) is 6.56. The minimum absolute atomic E-state index is 0.227. The fourth-order valence-electron chi connectivity index (χ4n) is 2.79. The average molecular weight is 454 g/mol. The summed E-state index contributed by atoms with van der Waals surface area (Å²) < 4.78 is 78.1. The lowest BCUT2D eigenvalue weighted by Crippen LogP contribution is -2.20. The number of aromatic nitrogens is 1. The summed E-state index contributed by atoms with van der Waals surface area (Å²) in [6.45, 7) is -1.24. The number of hydrogen-bond acceptors (Lipinski definition) is 7. The Balaban J connectivity index is 2.00. The quantitative estimate of drug-likeness (QED) is 0.539. The molecule has 2 N–H and O–H groups in total. The van der Waals surface area contributed by atoms with Gasteiger partial charge in [0.2, 0.25) is 5.88 Å². The van der Waals surface area contributed by atoms with Crippen LogP contribution in [0.2, 0.25) is 0 Å². The van der Waals surface area contributed by atoms with Crippen LogP contribution in [0.4, 0.5) is 11.6 Å². The summed E-state index contributed by atoms with van der Waals surface area (Å²) in [7, 11) is -4.63. The van der Waals surface area contributed by atoms with Crippen molar-refractivity contribution in [2.24, 2.45) is 0 Å². The normalized spacial score (nSPS) is 15.2. The van der Waals surface area contributed by atoms with Crippen LogP contribution >= 0.6 is 11.3 Å². The maximum absolute atomic E-state index is 13.1. The number of aryl methyl sites for hydroxylation is 3. The molecule has 0 fully saturated rings. The van der Waals surface area contributed by atoms with Crippen LogP contribution in [0.25, 0.3) is 0 Å². The first kappa shape index (κ1) is 14.9. The summed E-state index contributed by atoms with van der Waals surface area (Å²) in [5.41, 5.74) is 0.0524. The Morgan fingerprint density at radius 3 is 2.67 bits per heavy atom. The van der Waals surface area contributed by atoms with E-state index in [1.54, 1.807) is 26.0 Å². The molecule has 0 atom stereocenters. The summed E-state index contributed by atoms with van der Waals surface area (Å²) in [6.07, 6.45) is 0. The largest absolute Gasteiger partial charge is 0.337 e. The van der Waals surface area contributed by atoms with Gasteiger partial charge in [-0.25, -0.2) is 13.1 Å². The van der Waals surface area contributed by atoms with Gasteiger partial charge in [-0.2, -0.15) is 0 Å². The van der Waals surface area contributed by atoms with E-state index < -0.39 is 51.7 Å². The number of ketones is 1. The fraction of sp³-hybridized carbons (Fsp3) is 0.250. The molecule has 3 aromatic rings. The zero-order valence-corrected chi connectivity index (χ0v) is 17.7. The van der Waals surface area contributed by atoms with Crippen molar-refractivity contribution < 1.29 is 30.8 Å². The first-order valence-electron chi connectivity index (χ1n) is 11.5. The topological polar surface area (TPSA) is 118 Å². The highest BCUT2D eigenvalue weighted by Gasteiger charge is 2.27. The van der Waals surface area contributed by atoms with Gasteiger partial charge in [-0.1, -0.05) is 11.2 Å². The number of amides is 1. The highest BCUT2D eigenvalue weighted by atomic mass is 32.2. The third kappa shape index (κ3) is 4.14. The smallest absolute Gasteiger partial charge is 0.267 e. The number of rotatable bonds is 6. The molecule has 0 saturated carbocycles. The molecule has 8 nitrogen and oxygen atoms in total. The Bertz CT molecular complexity index is 1460. The van der Waals surface area contributed by atoms with Gasteiger partial charge in [0.15, 0.2) is 5.78 Å². The number of anilines is 2. The van der Waals surface area contributed by atoms with Crippen LogP contribution in [0.3, 0.4) is 0 Å². The van der Waals surface area contributed by atoms with E-state index in [2.05, 4.69) is 10.5 Å². The van der Waals surface area contributed by atoms with Crippen molar-refractivity contribution >= 4 is 44.6 Å². The maximum Gasteiger partial charge on any atom is 0.267 e. The molecule has 1 amide bonds. The van der Waals surface area contributed by atoms with Crippen molar-refractivity contribution in [3.05, 3.63) is 56.4 Å². The molecule has 3 rings (SSSR count). The molecule has 0 aliphatic heterocycles. The van der Waals surface area contributed by atoms with Crippen molar-refractivity contribution in [2.75, 3.05) is 10.0 Å². The van der Waals surface area contributed by atoms with Crippen LogP contribution in [-0.2, 0) is 10.0 Å². The number of benzene rings is 1. The van der Waals surface area contributed by atoms with E-state index in [9.17, 15) is 18.0 Å². The van der Waals surface area contributed by atoms with Gasteiger partial charge in [-0.05, 0) is 63.1 Å². The van der Waals surface area contributed by atoms with Crippen LogP contribution in [0.1, 0.15) is 57.6 Å². The Kier molecular flexibility index (Phi) is 4.00. The molecule has 0 saturated heterocycles. The molecule has 30 heavy (non-hydrogen) atoms. The molecule has 2 aromatic heterocycles. The highest BCUT2D eigenvalue weighted by molar-refractivity contribution is 7.93. The highest BCUT2D eigenvalue weighted by Crippen LogP contribution is 2.29. The van der Waals surface area contributed by atoms with Gasteiger partial charge in [0.1, 0.15) is 9.77 Å². The van der Waals surface area contributed by atoms with E-state index in [0.29, 0.717) is 5.56 Å². The molecule has 158 valence electrons. The van der Waals surface area contributed by atoms with E-state index in [0.717, 1.165) is 23.0 Å². The lowest BCUT2D eigenvalue weighted by molar-refractivity contribution is 0.101. The fourth-order valence-corrected chi connectivity index (χ4v) is 5.11. The van der Waals surface area contributed by atoms with Gasteiger partial charge in [0, 0.05) is 19.4 Å². The van der Waals surface area contributed by atoms with Gasteiger partial charge < -0.3 is 9.84 Å². The van der Waals surface area contributed by atoms with Crippen LogP contribution in [0, 0.1) is 27.6 Å². The van der Waals surface area contributed by atoms with Crippen molar-refractivity contribution in [3.8, 4) is 0 Å². The molecule has 0 bridgehead atoms. The number of sulfonamides is 1. The number of hydrogen-bond donors (Lipinski definition) is 2. The summed E-state index contributed by atoms with van der Waals surface area (Å²) in [6, 6.07) is 4.46. The van der Waals surface area contributed by atoms with Crippen LogP contribution in [0.15, 0.2) is 33.0 Å². The molecular formula is C20H21N3O5S2. The van der Waals surface area contributed by atoms with Gasteiger partial charge in [-0.3, -0.25) is 9.59 Å². The van der Waals surface area contributed by atoms with E-state index in [1.807, 2.05) is 4.72 Å². The molecule has 2 heterocycles. The van der Waals surface area contributed by atoms with E-state index in [-0.39, 0.29) is 21.9 Å². The Hall–Kier alpha value is -2.98. The Morgan fingerprint density at radius 2 is 2.00 bits per heavy atom. The third-order valence-electron chi connectivity index (χ3n) is 4.14. The minimum atomic E-state index is -4.63. The van der Waals surface area contributed by atoms with E-state index in [4.69, 9.17) is 12.7 Å². The average Bonchev–Trinajstić information content (AvgIpc) is 3.36. The lowest BCUT2D eigenvalue weighted by atomic mass is 10.0. The van der Waals surface area contributed by atoms with E-state index in [1.165, 1.54) is 12.3 Å². The number of carbonyl (C=O) groups excluding carboxylic acids is 2. The summed E-state index contributed by atoms with van der Waals surface area (Å²) in [5, 5.41) is 7.16. The second kappa shape index (κ2) is 8.04. The van der Waals surface area contributed by atoms with Crippen molar-refractivity contribution in [1.82, 2.24) is 5.16 Å². The predicted molar refractivity (Wildman–Crippen MR) is 115 cm³/mol. The number of carbonyl (C=O) groups is 2. The molecule has 0 spiro atoms. The van der Waals surface area contributed by atoms with Crippen molar-refractivity contribution in [2.45, 2.75) is 39.4 Å². The molecule has 0 unspecified atom stereocenters. The molecule has 10 heteroatoms. The monoisotopic (exact) mass is 453 g/mol. The predicted octanol–water partition coefficient (Wildman–Crippen LogP) is 4.23. The van der Waals surface area contributed by atoms with Crippen LogP contribution in [-0.4, -0.2) is 25.3 Å². The van der Waals surface area contributed by atoms with Gasteiger partial charge in [0.05, 0.1) is 11.4 Å². The minimum Gasteiger partial charge on any atom is -0.337 e.